The van der Waals surface area contributed by atoms with Gasteiger partial charge in [0.05, 0.1) is 33.0 Å². The van der Waals surface area contributed by atoms with Crippen LogP contribution in [0.2, 0.25) is 0 Å². The number of hydrogen-bond acceptors (Lipinski definition) is 8. The van der Waals surface area contributed by atoms with Crippen LogP contribution in [0.15, 0.2) is 41.5 Å². The molecule has 1 amide bonds. The molecule has 230 valence electrons. The van der Waals surface area contributed by atoms with Crippen LogP contribution in [0, 0.1) is 11.8 Å². The topological polar surface area (TPSA) is 141 Å². The Morgan fingerprint density at radius 1 is 1.02 bits per heavy atom. The summed E-state index contributed by atoms with van der Waals surface area (Å²) < 4.78 is 27.6. The minimum atomic E-state index is -0.875. The van der Waals surface area contributed by atoms with E-state index in [1.807, 2.05) is 18.2 Å². The van der Waals surface area contributed by atoms with Gasteiger partial charge in [-0.25, -0.2) is 0 Å². The molecule has 1 N–H and O–H groups in total. The van der Waals surface area contributed by atoms with E-state index in [2.05, 4.69) is 43.0 Å². The number of carbonyl (C=O) groups excluding carboxylic acids is 2. The van der Waals surface area contributed by atoms with Gasteiger partial charge < -0.3 is 29.0 Å². The second kappa shape index (κ2) is 23.7. The molecule has 0 heterocycles. The van der Waals surface area contributed by atoms with Gasteiger partial charge in [-0.1, -0.05) is 57.1 Å². The summed E-state index contributed by atoms with van der Waals surface area (Å²) in [6.07, 6.45) is 5.82. The highest BCUT2D eigenvalue weighted by Crippen LogP contribution is 2.15. The molecular formula is C30H48N4O7. The Bertz CT molecular complexity index is 933. The van der Waals surface area contributed by atoms with E-state index in [0.29, 0.717) is 50.4 Å². The normalized spacial score (nSPS) is 12.0. The van der Waals surface area contributed by atoms with Crippen LogP contribution < -0.4 is 10.1 Å². The number of ketones is 1. The van der Waals surface area contributed by atoms with Gasteiger partial charge in [0, 0.05) is 30.9 Å². The lowest BCUT2D eigenvalue weighted by Gasteiger charge is -2.14. The van der Waals surface area contributed by atoms with Gasteiger partial charge in [0.25, 0.3) is 0 Å². The Morgan fingerprint density at radius 2 is 1.78 bits per heavy atom. The van der Waals surface area contributed by atoms with Crippen molar-refractivity contribution in [2.24, 2.45) is 17.0 Å². The lowest BCUT2D eigenvalue weighted by Crippen LogP contribution is -2.28. The number of Topliss-reactive ketones (excluding diaryl/α,β-unsaturated/α-hetero) is 1. The largest absolute Gasteiger partial charge is 0.491 e. The first-order valence-corrected chi connectivity index (χ1v) is 14.4. The first kappa shape index (κ1) is 36.1. The number of nitrogens with one attached hydrogen (secondary N) is 1. The molecular weight excluding hydrogens is 528 g/mol. The summed E-state index contributed by atoms with van der Waals surface area (Å²) in [7, 11) is 0. The van der Waals surface area contributed by atoms with Gasteiger partial charge in [0.2, 0.25) is 5.91 Å². The number of ether oxygens (including phenoxy) is 5. The third kappa shape index (κ3) is 21.5. The number of carbonyl (C=O) groups is 2. The summed E-state index contributed by atoms with van der Waals surface area (Å²) >= 11 is 0. The highest BCUT2D eigenvalue weighted by atomic mass is 16.6. The molecule has 0 unspecified atom stereocenters. The van der Waals surface area contributed by atoms with E-state index < -0.39 is 6.23 Å². The number of allylic oxidation sites excluding steroid dienone is 1. The molecule has 1 atom stereocenters. The molecule has 1 aromatic rings. The van der Waals surface area contributed by atoms with Crippen molar-refractivity contribution in [3.63, 3.8) is 0 Å². The molecule has 0 saturated carbocycles. The van der Waals surface area contributed by atoms with Crippen molar-refractivity contribution < 1.29 is 33.3 Å². The summed E-state index contributed by atoms with van der Waals surface area (Å²) in [6.45, 7) is 11.2. The van der Waals surface area contributed by atoms with Gasteiger partial charge >= 0.3 is 0 Å². The molecule has 0 fully saturated rings. The predicted molar refractivity (Wildman–Crippen MR) is 158 cm³/mol. The van der Waals surface area contributed by atoms with Crippen LogP contribution in [0.25, 0.3) is 10.4 Å². The zero-order valence-corrected chi connectivity index (χ0v) is 25.1. The minimum absolute atomic E-state index is 0.0164. The number of nitrogens with zero attached hydrogens (tertiary/aromatic N) is 3. The molecule has 0 radical (unpaired) electrons. The third-order valence-corrected chi connectivity index (χ3v) is 5.55. The van der Waals surface area contributed by atoms with Crippen molar-refractivity contribution in [1.82, 2.24) is 5.32 Å². The summed E-state index contributed by atoms with van der Waals surface area (Å²) in [5, 5.41) is 6.32. The Labute approximate surface area is 244 Å². The van der Waals surface area contributed by atoms with Crippen LogP contribution in [0.4, 0.5) is 0 Å². The fourth-order valence-electron chi connectivity index (χ4n) is 3.47. The van der Waals surface area contributed by atoms with Crippen molar-refractivity contribution >= 4 is 11.7 Å². The van der Waals surface area contributed by atoms with Crippen molar-refractivity contribution in [3.8, 4) is 5.75 Å². The Hall–Kier alpha value is -2.95. The maximum Gasteiger partial charge on any atom is 0.246 e. The number of hydrogen-bond donors (Lipinski definition) is 1. The average Bonchev–Trinajstić information content (AvgIpc) is 2.92. The van der Waals surface area contributed by atoms with Gasteiger partial charge in [0.15, 0.2) is 6.23 Å². The van der Waals surface area contributed by atoms with Crippen LogP contribution in [0.3, 0.4) is 0 Å². The lowest BCUT2D eigenvalue weighted by molar-refractivity contribution is -0.126. The quantitative estimate of drug-likeness (QED) is 0.0565. The first-order chi connectivity index (χ1) is 19.8. The fourth-order valence-corrected chi connectivity index (χ4v) is 3.47. The molecule has 0 aliphatic carbocycles. The Kier molecular flexibility index (Phi) is 20.9. The van der Waals surface area contributed by atoms with Gasteiger partial charge in [-0.3, -0.25) is 9.59 Å². The van der Waals surface area contributed by atoms with Crippen LogP contribution in [-0.4, -0.2) is 77.3 Å². The zero-order chi connectivity index (χ0) is 30.1. The van der Waals surface area contributed by atoms with E-state index in [1.54, 1.807) is 18.2 Å². The highest BCUT2D eigenvalue weighted by Gasteiger charge is 2.10. The second-order valence-corrected chi connectivity index (χ2v) is 10.2. The van der Waals surface area contributed by atoms with Crippen LogP contribution in [0.5, 0.6) is 5.75 Å². The van der Waals surface area contributed by atoms with Crippen molar-refractivity contribution in [2.45, 2.75) is 59.6 Å². The Balaban J connectivity index is 2.25. The van der Waals surface area contributed by atoms with E-state index >= 15 is 0 Å². The Morgan fingerprint density at radius 3 is 2.51 bits per heavy atom. The van der Waals surface area contributed by atoms with Crippen molar-refractivity contribution in [2.75, 3.05) is 59.4 Å². The predicted octanol–water partition coefficient (Wildman–Crippen LogP) is 5.03. The van der Waals surface area contributed by atoms with Gasteiger partial charge in [0.1, 0.15) is 24.7 Å². The second-order valence-electron chi connectivity index (χ2n) is 10.2. The van der Waals surface area contributed by atoms with Crippen LogP contribution >= 0.6 is 0 Å². The molecule has 0 saturated heterocycles. The molecule has 0 spiro atoms. The number of benzene rings is 1. The summed E-state index contributed by atoms with van der Waals surface area (Å²) in [5.41, 5.74) is 9.65. The molecule has 1 aromatic carbocycles. The maximum absolute atomic E-state index is 12.3. The standard InChI is InChI=1S/C30H48N4O7/c1-24(2)8-6-13-32-29(36)22-39-18-19-40-30(33-34-31)23-41-28-11-5-10-26(21-28)20-27(35)12-15-38-17-16-37-14-7-9-25(3)4/h5-6,8,10-11,21,24-25,30H,7,9,12-20,22-23H2,1-4H3,(H,32,36)/b8-6+/t30-/m1/s1. The molecule has 0 aliphatic heterocycles. The molecule has 0 aromatic heterocycles. The summed E-state index contributed by atoms with van der Waals surface area (Å²) in [5.74, 6) is 1.48. The molecule has 11 nitrogen and oxygen atoms in total. The molecule has 1 rings (SSSR count). The van der Waals surface area contributed by atoms with E-state index in [1.165, 1.54) is 0 Å². The van der Waals surface area contributed by atoms with Crippen molar-refractivity contribution in [3.05, 3.63) is 52.4 Å². The minimum Gasteiger partial charge on any atom is -0.491 e. The molecule has 0 bridgehead atoms. The van der Waals surface area contributed by atoms with Gasteiger partial charge in [-0.05, 0) is 47.9 Å². The zero-order valence-electron chi connectivity index (χ0n) is 25.1. The SMILES string of the molecule is CC(C)/C=C/CNC(=O)COCCO[C@H](COc1cccc(CC(=O)CCOCCOCCCC(C)C)c1)N=[N+]=[N-]. The van der Waals surface area contributed by atoms with E-state index in [4.69, 9.17) is 29.2 Å². The first-order valence-electron chi connectivity index (χ1n) is 14.4. The molecule has 11 heteroatoms. The number of amides is 1. The van der Waals surface area contributed by atoms with Crippen molar-refractivity contribution in [1.29, 1.82) is 0 Å². The monoisotopic (exact) mass is 576 g/mol. The highest BCUT2D eigenvalue weighted by molar-refractivity contribution is 5.81. The van der Waals surface area contributed by atoms with E-state index in [0.717, 1.165) is 25.0 Å². The van der Waals surface area contributed by atoms with Gasteiger partial charge in [-0.2, -0.15) is 0 Å². The van der Waals surface area contributed by atoms with E-state index in [9.17, 15) is 9.59 Å². The number of azide groups is 1. The van der Waals surface area contributed by atoms with E-state index in [-0.39, 0.29) is 44.5 Å². The molecule has 41 heavy (non-hydrogen) atoms. The molecule has 0 aliphatic rings. The van der Waals surface area contributed by atoms with Crippen LogP contribution in [0.1, 0.15) is 52.5 Å². The third-order valence-electron chi connectivity index (χ3n) is 5.55. The maximum atomic E-state index is 12.3. The van der Waals surface area contributed by atoms with Gasteiger partial charge in [-0.15, -0.1) is 0 Å². The summed E-state index contributed by atoms with van der Waals surface area (Å²) in [4.78, 5) is 26.9. The average molecular weight is 577 g/mol. The lowest BCUT2D eigenvalue weighted by atomic mass is 10.1. The number of rotatable bonds is 25. The summed E-state index contributed by atoms with van der Waals surface area (Å²) in [6, 6.07) is 7.18. The van der Waals surface area contributed by atoms with Crippen LogP contribution in [-0.2, 0) is 35.0 Å². The fraction of sp³-hybridized carbons (Fsp3) is 0.667. The smallest absolute Gasteiger partial charge is 0.246 e.